The summed E-state index contributed by atoms with van der Waals surface area (Å²) in [5, 5.41) is 6.29. The van der Waals surface area contributed by atoms with Gasteiger partial charge in [0.25, 0.3) is 5.91 Å². The number of carbonyl (C=O) groups excluding carboxylic acids is 1. The minimum Gasteiger partial charge on any atom is -0.356 e. The third kappa shape index (κ3) is 4.27. The standard InChI is InChI=1S/C23H20N4O/c28-23(25-16-18-5-2-1-3-6-18)19-7-4-8-21(15-19)26-20-9-11-22(12-10-20)27-14-13-24-17-27/h1-15,17,26H,16H2,(H,25,28). The summed E-state index contributed by atoms with van der Waals surface area (Å²) in [4.78, 5) is 16.5. The van der Waals surface area contributed by atoms with Crippen molar-refractivity contribution in [1.82, 2.24) is 14.9 Å². The van der Waals surface area contributed by atoms with Gasteiger partial charge in [0.2, 0.25) is 0 Å². The lowest BCUT2D eigenvalue weighted by molar-refractivity contribution is 0.0951. The highest BCUT2D eigenvalue weighted by Gasteiger charge is 2.06. The second kappa shape index (κ2) is 8.22. The second-order valence-electron chi connectivity index (χ2n) is 6.39. The topological polar surface area (TPSA) is 59.0 Å². The molecule has 0 aliphatic carbocycles. The third-order valence-electron chi connectivity index (χ3n) is 4.38. The molecule has 5 heteroatoms. The molecule has 1 amide bonds. The lowest BCUT2D eigenvalue weighted by atomic mass is 10.1. The molecule has 28 heavy (non-hydrogen) atoms. The van der Waals surface area contributed by atoms with Crippen LogP contribution in [-0.4, -0.2) is 15.5 Å². The van der Waals surface area contributed by atoms with Crippen molar-refractivity contribution < 1.29 is 4.79 Å². The first kappa shape index (κ1) is 17.5. The van der Waals surface area contributed by atoms with Crippen molar-refractivity contribution in [3.8, 4) is 5.69 Å². The van der Waals surface area contributed by atoms with Crippen LogP contribution < -0.4 is 10.6 Å². The summed E-state index contributed by atoms with van der Waals surface area (Å²) in [7, 11) is 0. The Hall–Kier alpha value is -3.86. The molecule has 0 radical (unpaired) electrons. The first-order valence-corrected chi connectivity index (χ1v) is 9.05. The summed E-state index contributed by atoms with van der Waals surface area (Å²) in [6.45, 7) is 0.507. The van der Waals surface area contributed by atoms with E-state index in [-0.39, 0.29) is 5.91 Å². The van der Waals surface area contributed by atoms with Crippen molar-refractivity contribution in [2.75, 3.05) is 5.32 Å². The third-order valence-corrected chi connectivity index (χ3v) is 4.38. The van der Waals surface area contributed by atoms with E-state index in [2.05, 4.69) is 15.6 Å². The van der Waals surface area contributed by atoms with Crippen LogP contribution in [0.5, 0.6) is 0 Å². The highest BCUT2D eigenvalue weighted by molar-refractivity contribution is 5.95. The van der Waals surface area contributed by atoms with Crippen molar-refractivity contribution in [3.05, 3.63) is 109 Å². The summed E-state index contributed by atoms with van der Waals surface area (Å²) < 4.78 is 1.95. The molecule has 0 saturated carbocycles. The molecule has 1 heterocycles. The first-order chi connectivity index (χ1) is 13.8. The van der Waals surface area contributed by atoms with E-state index in [9.17, 15) is 4.79 Å². The summed E-state index contributed by atoms with van der Waals surface area (Å²) in [6, 6.07) is 25.4. The molecule has 0 spiro atoms. The minimum absolute atomic E-state index is 0.0945. The smallest absolute Gasteiger partial charge is 0.251 e. The second-order valence-corrected chi connectivity index (χ2v) is 6.39. The van der Waals surface area contributed by atoms with Gasteiger partial charge < -0.3 is 15.2 Å². The maximum absolute atomic E-state index is 12.5. The largest absolute Gasteiger partial charge is 0.356 e. The molecule has 4 aromatic rings. The van der Waals surface area contributed by atoms with Crippen LogP contribution in [0.1, 0.15) is 15.9 Å². The molecule has 138 valence electrons. The molecule has 5 nitrogen and oxygen atoms in total. The van der Waals surface area contributed by atoms with Crippen LogP contribution >= 0.6 is 0 Å². The summed E-state index contributed by atoms with van der Waals surface area (Å²) >= 11 is 0. The van der Waals surface area contributed by atoms with Crippen molar-refractivity contribution in [2.45, 2.75) is 6.54 Å². The van der Waals surface area contributed by atoms with Gasteiger partial charge in [0.15, 0.2) is 0 Å². The molecule has 0 fully saturated rings. The molecule has 0 bridgehead atoms. The van der Waals surface area contributed by atoms with E-state index in [1.54, 1.807) is 12.5 Å². The number of carbonyl (C=O) groups is 1. The van der Waals surface area contributed by atoms with E-state index in [1.807, 2.05) is 89.6 Å². The Morgan fingerprint density at radius 1 is 0.893 bits per heavy atom. The zero-order valence-electron chi connectivity index (χ0n) is 15.2. The van der Waals surface area contributed by atoms with Gasteiger partial charge >= 0.3 is 0 Å². The van der Waals surface area contributed by atoms with Crippen LogP contribution in [0.25, 0.3) is 5.69 Å². The maximum atomic E-state index is 12.5. The van der Waals surface area contributed by atoms with E-state index in [0.717, 1.165) is 22.6 Å². The number of aromatic nitrogens is 2. The SMILES string of the molecule is O=C(NCc1ccccc1)c1cccc(Nc2ccc(-n3ccnc3)cc2)c1. The van der Waals surface area contributed by atoms with Crippen LogP contribution in [-0.2, 0) is 6.54 Å². The van der Waals surface area contributed by atoms with Gasteiger partial charge in [0, 0.05) is 41.6 Å². The molecule has 0 aliphatic heterocycles. The zero-order chi connectivity index (χ0) is 19.2. The number of amides is 1. The van der Waals surface area contributed by atoms with E-state index in [0.29, 0.717) is 12.1 Å². The number of benzene rings is 3. The van der Waals surface area contributed by atoms with Crippen molar-refractivity contribution in [2.24, 2.45) is 0 Å². The fraction of sp³-hybridized carbons (Fsp3) is 0.0435. The zero-order valence-corrected chi connectivity index (χ0v) is 15.2. The van der Waals surface area contributed by atoms with Crippen LogP contribution in [0.4, 0.5) is 11.4 Å². The van der Waals surface area contributed by atoms with Crippen LogP contribution in [0.15, 0.2) is 97.6 Å². The van der Waals surface area contributed by atoms with Gasteiger partial charge in [-0.2, -0.15) is 0 Å². The fourth-order valence-corrected chi connectivity index (χ4v) is 2.91. The predicted octanol–water partition coefficient (Wildman–Crippen LogP) is 4.55. The molecule has 2 N–H and O–H groups in total. The van der Waals surface area contributed by atoms with E-state index in [4.69, 9.17) is 0 Å². The van der Waals surface area contributed by atoms with Gasteiger partial charge in [0.1, 0.15) is 0 Å². The lowest BCUT2D eigenvalue weighted by Gasteiger charge is -2.10. The number of imidazole rings is 1. The van der Waals surface area contributed by atoms with Gasteiger partial charge in [-0.15, -0.1) is 0 Å². The van der Waals surface area contributed by atoms with Gasteiger partial charge in [-0.3, -0.25) is 4.79 Å². The Bertz CT molecular complexity index is 1040. The molecule has 4 rings (SSSR count). The Morgan fingerprint density at radius 2 is 1.71 bits per heavy atom. The maximum Gasteiger partial charge on any atom is 0.251 e. The molecule has 0 saturated heterocycles. The van der Waals surface area contributed by atoms with E-state index < -0.39 is 0 Å². The fourth-order valence-electron chi connectivity index (χ4n) is 2.91. The number of nitrogens with zero attached hydrogens (tertiary/aromatic N) is 2. The Kier molecular flexibility index (Phi) is 5.15. The van der Waals surface area contributed by atoms with Gasteiger partial charge in [-0.05, 0) is 48.0 Å². The predicted molar refractivity (Wildman–Crippen MR) is 111 cm³/mol. The van der Waals surface area contributed by atoms with E-state index >= 15 is 0 Å². The highest BCUT2D eigenvalue weighted by atomic mass is 16.1. The first-order valence-electron chi connectivity index (χ1n) is 9.05. The van der Waals surface area contributed by atoms with Gasteiger partial charge in [-0.25, -0.2) is 4.98 Å². The van der Waals surface area contributed by atoms with Gasteiger partial charge in [0.05, 0.1) is 6.33 Å². The van der Waals surface area contributed by atoms with Crippen LogP contribution in [0, 0.1) is 0 Å². The monoisotopic (exact) mass is 368 g/mol. The number of hydrogen-bond donors (Lipinski definition) is 2. The minimum atomic E-state index is -0.0945. The van der Waals surface area contributed by atoms with E-state index in [1.165, 1.54) is 0 Å². The molecule has 0 unspecified atom stereocenters. The Balaban J connectivity index is 1.41. The molecular formula is C23H20N4O. The average Bonchev–Trinajstić information content (AvgIpc) is 3.28. The van der Waals surface area contributed by atoms with Gasteiger partial charge in [-0.1, -0.05) is 36.4 Å². The number of hydrogen-bond acceptors (Lipinski definition) is 3. The molecular weight excluding hydrogens is 348 g/mol. The van der Waals surface area contributed by atoms with Crippen LogP contribution in [0.2, 0.25) is 0 Å². The molecule has 1 aromatic heterocycles. The van der Waals surface area contributed by atoms with Crippen molar-refractivity contribution in [1.29, 1.82) is 0 Å². The van der Waals surface area contributed by atoms with Crippen molar-refractivity contribution in [3.63, 3.8) is 0 Å². The summed E-state index contributed by atoms with van der Waals surface area (Å²) in [5.41, 5.74) is 4.55. The summed E-state index contributed by atoms with van der Waals surface area (Å²) in [6.07, 6.45) is 5.42. The molecule has 0 atom stereocenters. The Labute approximate surface area is 163 Å². The number of anilines is 2. The normalized spacial score (nSPS) is 10.4. The Morgan fingerprint density at radius 3 is 2.46 bits per heavy atom. The number of nitrogens with one attached hydrogen (secondary N) is 2. The van der Waals surface area contributed by atoms with Crippen LogP contribution in [0.3, 0.4) is 0 Å². The quantitative estimate of drug-likeness (QED) is 0.525. The summed E-state index contributed by atoms with van der Waals surface area (Å²) in [5.74, 6) is -0.0945. The average molecular weight is 368 g/mol. The highest BCUT2D eigenvalue weighted by Crippen LogP contribution is 2.19. The molecule has 0 aliphatic rings. The molecule has 3 aromatic carbocycles. The van der Waals surface area contributed by atoms with Crippen molar-refractivity contribution >= 4 is 17.3 Å². The number of rotatable bonds is 6. The lowest BCUT2D eigenvalue weighted by Crippen LogP contribution is -2.22.